The molecular weight excluding hydrogens is 511 g/mol. The van der Waals surface area contributed by atoms with Gasteiger partial charge in [-0.2, -0.15) is 0 Å². The zero-order valence-corrected chi connectivity index (χ0v) is 22.5. The summed E-state index contributed by atoms with van der Waals surface area (Å²) in [4.78, 5) is 28.3. The molecule has 0 aliphatic heterocycles. The maximum atomic E-state index is 13.4. The molecule has 0 spiro atoms. The van der Waals surface area contributed by atoms with Gasteiger partial charge in [-0.15, -0.1) is 11.8 Å². The van der Waals surface area contributed by atoms with Gasteiger partial charge in [-0.3, -0.25) is 9.59 Å². The molecule has 0 heterocycles. The Labute approximate surface area is 221 Å². The van der Waals surface area contributed by atoms with Crippen molar-refractivity contribution in [3.8, 4) is 0 Å². The smallest absolute Gasteiger partial charge is 0.243 e. The Bertz CT molecular complexity index is 982. The molecule has 4 nitrogen and oxygen atoms in total. The topological polar surface area (TPSA) is 49.4 Å². The minimum atomic E-state index is -0.562. The highest BCUT2D eigenvalue weighted by Gasteiger charge is 2.30. The molecule has 1 atom stereocenters. The van der Waals surface area contributed by atoms with Crippen LogP contribution < -0.4 is 5.32 Å². The summed E-state index contributed by atoms with van der Waals surface area (Å²) in [5.74, 6) is 0.731. The summed E-state index contributed by atoms with van der Waals surface area (Å²) in [5, 5.41) is 4.89. The Morgan fingerprint density at radius 2 is 1.79 bits per heavy atom. The van der Waals surface area contributed by atoms with E-state index in [0.717, 1.165) is 36.8 Å². The predicted molar refractivity (Wildman–Crippen MR) is 144 cm³/mol. The maximum absolute atomic E-state index is 13.4. The van der Waals surface area contributed by atoms with Crippen molar-refractivity contribution >= 4 is 58.4 Å². The van der Waals surface area contributed by atoms with Crippen LogP contribution in [0.15, 0.2) is 42.5 Å². The molecule has 0 unspecified atom stereocenters. The first-order chi connectivity index (χ1) is 16.4. The van der Waals surface area contributed by atoms with Crippen molar-refractivity contribution < 1.29 is 9.59 Å². The van der Waals surface area contributed by atoms with Crippen LogP contribution in [0.2, 0.25) is 15.1 Å². The monoisotopic (exact) mass is 540 g/mol. The fourth-order valence-corrected chi connectivity index (χ4v) is 5.80. The molecule has 34 heavy (non-hydrogen) atoms. The van der Waals surface area contributed by atoms with Gasteiger partial charge < -0.3 is 10.2 Å². The second-order valence-corrected chi connectivity index (χ2v) is 10.9. The molecule has 184 valence electrons. The molecule has 0 bridgehead atoms. The predicted octanol–water partition coefficient (Wildman–Crippen LogP) is 7.14. The van der Waals surface area contributed by atoms with Gasteiger partial charge in [-0.05, 0) is 54.7 Å². The Balaban J connectivity index is 1.73. The average molecular weight is 542 g/mol. The minimum Gasteiger partial charge on any atom is -0.352 e. The first kappa shape index (κ1) is 27.2. The first-order valence-electron chi connectivity index (χ1n) is 11.7. The zero-order valence-electron chi connectivity index (χ0n) is 19.4. The third-order valence-electron chi connectivity index (χ3n) is 6.08. The standard InChI is InChI=1S/C26H31Cl3N2O2S/c1-2-24(26(33)30-22-9-4-3-5-10-22)31(15-19-11-12-21(28)14-23(19)29)25(32)17-34-16-18-7-6-8-20(27)13-18/h6-8,11-14,22,24H,2-5,9-10,15-17H2,1H3,(H,30,33)/t24-/m0/s1. The van der Waals surface area contributed by atoms with Gasteiger partial charge in [0.2, 0.25) is 11.8 Å². The number of amides is 2. The summed E-state index contributed by atoms with van der Waals surface area (Å²) in [6.07, 6.45) is 5.99. The van der Waals surface area contributed by atoms with Crippen molar-refractivity contribution in [1.29, 1.82) is 0 Å². The van der Waals surface area contributed by atoms with Crippen LogP contribution in [0, 0.1) is 0 Å². The van der Waals surface area contributed by atoms with E-state index in [1.807, 2.05) is 37.3 Å². The lowest BCUT2D eigenvalue weighted by Gasteiger charge is -2.33. The van der Waals surface area contributed by atoms with E-state index in [1.54, 1.807) is 17.0 Å². The molecule has 1 N–H and O–H groups in total. The number of nitrogens with one attached hydrogen (secondary N) is 1. The highest BCUT2D eigenvalue weighted by molar-refractivity contribution is 7.99. The fourth-order valence-electron chi connectivity index (χ4n) is 4.26. The van der Waals surface area contributed by atoms with Crippen molar-refractivity contribution in [2.75, 3.05) is 5.75 Å². The van der Waals surface area contributed by atoms with Crippen LogP contribution in [-0.2, 0) is 21.9 Å². The van der Waals surface area contributed by atoms with Crippen LogP contribution in [0.3, 0.4) is 0 Å². The number of thioether (sulfide) groups is 1. The summed E-state index contributed by atoms with van der Waals surface area (Å²) < 4.78 is 0. The molecule has 3 rings (SSSR count). The van der Waals surface area contributed by atoms with Gasteiger partial charge in [0.1, 0.15) is 6.04 Å². The molecule has 1 aliphatic carbocycles. The highest BCUT2D eigenvalue weighted by atomic mass is 35.5. The molecule has 1 aliphatic rings. The lowest BCUT2D eigenvalue weighted by molar-refractivity contribution is -0.139. The highest BCUT2D eigenvalue weighted by Crippen LogP contribution is 2.25. The van der Waals surface area contributed by atoms with E-state index in [-0.39, 0.29) is 30.2 Å². The SMILES string of the molecule is CC[C@@H](C(=O)NC1CCCCC1)N(Cc1ccc(Cl)cc1Cl)C(=O)CSCc1cccc(Cl)c1. The number of hydrogen-bond acceptors (Lipinski definition) is 3. The van der Waals surface area contributed by atoms with E-state index in [0.29, 0.717) is 27.2 Å². The maximum Gasteiger partial charge on any atom is 0.243 e. The lowest BCUT2D eigenvalue weighted by Crippen LogP contribution is -2.52. The zero-order chi connectivity index (χ0) is 24.5. The Kier molecular flexibility index (Phi) is 10.9. The molecule has 1 saturated carbocycles. The normalized spacial score (nSPS) is 15.1. The number of halogens is 3. The van der Waals surface area contributed by atoms with Crippen LogP contribution in [0.5, 0.6) is 0 Å². The third kappa shape index (κ3) is 8.08. The van der Waals surface area contributed by atoms with Crippen LogP contribution in [-0.4, -0.2) is 34.6 Å². The van der Waals surface area contributed by atoms with Gasteiger partial charge in [0, 0.05) is 33.4 Å². The van der Waals surface area contributed by atoms with E-state index >= 15 is 0 Å². The van der Waals surface area contributed by atoms with Crippen LogP contribution in [0.4, 0.5) is 0 Å². The summed E-state index contributed by atoms with van der Waals surface area (Å²) >= 11 is 20.1. The number of benzene rings is 2. The largest absolute Gasteiger partial charge is 0.352 e. The Morgan fingerprint density at radius 3 is 2.47 bits per heavy atom. The van der Waals surface area contributed by atoms with Crippen molar-refractivity contribution in [2.45, 2.75) is 69.8 Å². The first-order valence-corrected chi connectivity index (χ1v) is 14.0. The fraction of sp³-hybridized carbons (Fsp3) is 0.462. The molecule has 2 aromatic carbocycles. The van der Waals surface area contributed by atoms with Crippen molar-refractivity contribution in [1.82, 2.24) is 10.2 Å². The van der Waals surface area contributed by atoms with Gasteiger partial charge in [0.25, 0.3) is 0 Å². The summed E-state index contributed by atoms with van der Waals surface area (Å²) in [6, 6.07) is 12.5. The van der Waals surface area contributed by atoms with E-state index in [2.05, 4.69) is 5.32 Å². The molecule has 2 amide bonds. The molecule has 1 fully saturated rings. The second kappa shape index (κ2) is 13.6. The van der Waals surface area contributed by atoms with Crippen molar-refractivity contribution in [2.24, 2.45) is 0 Å². The second-order valence-electron chi connectivity index (χ2n) is 8.65. The Hall–Kier alpha value is -1.40. The van der Waals surface area contributed by atoms with Gasteiger partial charge in [-0.25, -0.2) is 0 Å². The lowest BCUT2D eigenvalue weighted by atomic mass is 9.95. The third-order valence-corrected chi connectivity index (χ3v) is 7.89. The average Bonchev–Trinajstić information content (AvgIpc) is 2.81. The van der Waals surface area contributed by atoms with E-state index in [1.165, 1.54) is 18.2 Å². The summed E-state index contributed by atoms with van der Waals surface area (Å²) in [5.41, 5.74) is 1.82. The van der Waals surface area contributed by atoms with E-state index in [4.69, 9.17) is 34.8 Å². The molecular formula is C26H31Cl3N2O2S. The molecule has 2 aromatic rings. The van der Waals surface area contributed by atoms with E-state index in [9.17, 15) is 9.59 Å². The van der Waals surface area contributed by atoms with Crippen LogP contribution >= 0.6 is 46.6 Å². The molecule has 0 aromatic heterocycles. The van der Waals surface area contributed by atoms with Crippen molar-refractivity contribution in [3.63, 3.8) is 0 Å². The van der Waals surface area contributed by atoms with Gasteiger partial charge in [0.15, 0.2) is 0 Å². The Morgan fingerprint density at radius 1 is 1.06 bits per heavy atom. The number of carbonyl (C=O) groups excluding carboxylic acids is 2. The van der Waals surface area contributed by atoms with Crippen LogP contribution in [0.1, 0.15) is 56.6 Å². The number of nitrogens with zero attached hydrogens (tertiary/aromatic N) is 1. The van der Waals surface area contributed by atoms with Gasteiger partial charge in [-0.1, -0.05) is 79.2 Å². The summed E-state index contributed by atoms with van der Waals surface area (Å²) in [7, 11) is 0. The summed E-state index contributed by atoms with van der Waals surface area (Å²) in [6.45, 7) is 2.19. The molecule has 0 saturated heterocycles. The van der Waals surface area contributed by atoms with Gasteiger partial charge in [0.05, 0.1) is 5.75 Å². The van der Waals surface area contributed by atoms with Crippen molar-refractivity contribution in [3.05, 3.63) is 68.7 Å². The number of carbonyl (C=O) groups is 2. The van der Waals surface area contributed by atoms with Gasteiger partial charge >= 0.3 is 0 Å². The molecule has 8 heteroatoms. The number of hydrogen-bond donors (Lipinski definition) is 1. The van der Waals surface area contributed by atoms with Crippen LogP contribution in [0.25, 0.3) is 0 Å². The van der Waals surface area contributed by atoms with E-state index < -0.39 is 6.04 Å². The minimum absolute atomic E-state index is 0.0901. The number of rotatable bonds is 10. The quantitative estimate of drug-likeness (QED) is 0.348. The molecule has 0 radical (unpaired) electrons.